The molecule has 1 atom stereocenters. The van der Waals surface area contributed by atoms with Crippen LogP contribution >= 0.6 is 0 Å². The summed E-state index contributed by atoms with van der Waals surface area (Å²) in [6.45, 7) is 12.4. The first-order valence-corrected chi connectivity index (χ1v) is 9.39. The summed E-state index contributed by atoms with van der Waals surface area (Å²) >= 11 is 0. The maximum atomic E-state index is 12.2. The highest BCUT2D eigenvalue weighted by Gasteiger charge is 2.25. The zero-order valence-corrected chi connectivity index (χ0v) is 16.6. The number of carbonyl (C=O) groups is 1. The van der Waals surface area contributed by atoms with Crippen molar-refractivity contribution in [2.45, 2.75) is 78.0 Å². The van der Waals surface area contributed by atoms with Gasteiger partial charge in [0.25, 0.3) is 0 Å². The van der Waals surface area contributed by atoms with E-state index >= 15 is 0 Å². The van der Waals surface area contributed by atoms with Gasteiger partial charge in [-0.2, -0.15) is 5.10 Å². The Balaban J connectivity index is 1.86. The number of hydrogen-bond acceptors (Lipinski definition) is 4. The fourth-order valence-electron chi connectivity index (χ4n) is 3.24. The molecule has 6 heteroatoms. The molecule has 0 aromatic carbocycles. The van der Waals surface area contributed by atoms with Crippen LogP contribution in [-0.2, 0) is 18.3 Å². The molecule has 0 saturated carbocycles. The van der Waals surface area contributed by atoms with Crippen LogP contribution in [-0.4, -0.2) is 45.5 Å². The average Bonchev–Trinajstić information content (AvgIpc) is 2.71. The third-order valence-corrected chi connectivity index (χ3v) is 4.44. The molecule has 6 nitrogen and oxygen atoms in total. The Hall–Kier alpha value is -1.56. The number of nitrogens with zero attached hydrogens (tertiary/aromatic N) is 3. The van der Waals surface area contributed by atoms with Gasteiger partial charge in [0, 0.05) is 44.5 Å². The number of ether oxygens (including phenoxy) is 1. The minimum absolute atomic E-state index is 0.192. The van der Waals surface area contributed by atoms with Crippen molar-refractivity contribution in [3.63, 3.8) is 0 Å². The molecule has 1 N–H and O–H groups in total. The number of nitrogens with one attached hydrogen (secondary N) is 1. The number of aromatic nitrogens is 2. The van der Waals surface area contributed by atoms with Crippen LogP contribution in [0.5, 0.6) is 0 Å². The predicted octanol–water partition coefficient (Wildman–Crippen LogP) is 3.42. The summed E-state index contributed by atoms with van der Waals surface area (Å²) in [6.07, 6.45) is 4.95. The van der Waals surface area contributed by atoms with Crippen molar-refractivity contribution >= 4 is 6.09 Å². The number of hydrogen-bond donors (Lipinski definition) is 1. The summed E-state index contributed by atoms with van der Waals surface area (Å²) in [5, 5.41) is 8.23. The molecule has 0 bridgehead atoms. The maximum Gasteiger partial charge on any atom is 0.410 e. The first-order valence-electron chi connectivity index (χ1n) is 9.39. The van der Waals surface area contributed by atoms with Gasteiger partial charge in [-0.15, -0.1) is 0 Å². The van der Waals surface area contributed by atoms with Crippen LogP contribution in [0, 0.1) is 0 Å². The summed E-state index contributed by atoms with van der Waals surface area (Å²) in [7, 11) is 1.97. The molecule has 1 aromatic rings. The second-order valence-electron chi connectivity index (χ2n) is 8.34. The van der Waals surface area contributed by atoms with Crippen LogP contribution in [0.1, 0.15) is 71.1 Å². The van der Waals surface area contributed by atoms with Gasteiger partial charge in [-0.1, -0.05) is 13.8 Å². The zero-order valence-electron chi connectivity index (χ0n) is 16.6. The van der Waals surface area contributed by atoms with Crippen molar-refractivity contribution in [1.82, 2.24) is 20.0 Å². The van der Waals surface area contributed by atoms with Crippen LogP contribution in [0.4, 0.5) is 4.79 Å². The number of likely N-dealkylation sites (tertiary alicyclic amines) is 1. The van der Waals surface area contributed by atoms with Crippen molar-refractivity contribution < 1.29 is 9.53 Å². The van der Waals surface area contributed by atoms with E-state index in [2.05, 4.69) is 30.5 Å². The predicted molar refractivity (Wildman–Crippen MR) is 99.6 cm³/mol. The van der Waals surface area contributed by atoms with E-state index in [1.54, 1.807) is 0 Å². The van der Waals surface area contributed by atoms with Gasteiger partial charge in [0.05, 0.1) is 5.69 Å². The lowest BCUT2D eigenvalue weighted by molar-refractivity contribution is 0.0256. The fourth-order valence-corrected chi connectivity index (χ4v) is 3.24. The summed E-state index contributed by atoms with van der Waals surface area (Å²) in [6, 6.07) is 0.424. The monoisotopic (exact) mass is 350 g/mol. The van der Waals surface area contributed by atoms with E-state index in [-0.39, 0.29) is 6.09 Å². The molecule has 2 heterocycles. The molecule has 25 heavy (non-hydrogen) atoms. The van der Waals surface area contributed by atoms with Gasteiger partial charge in [0.15, 0.2) is 0 Å². The largest absolute Gasteiger partial charge is 0.444 e. The van der Waals surface area contributed by atoms with Crippen molar-refractivity contribution in [2.75, 3.05) is 13.1 Å². The summed E-state index contributed by atoms with van der Waals surface area (Å²) in [5.74, 6) is 0.426. The van der Waals surface area contributed by atoms with Gasteiger partial charge < -0.3 is 15.0 Å². The maximum absolute atomic E-state index is 12.2. The fraction of sp³-hybridized carbons (Fsp3) is 0.789. The van der Waals surface area contributed by atoms with E-state index in [0.717, 1.165) is 38.9 Å². The van der Waals surface area contributed by atoms with Gasteiger partial charge in [-0.05, 0) is 46.0 Å². The van der Waals surface area contributed by atoms with Crippen LogP contribution in [0.15, 0.2) is 6.20 Å². The van der Waals surface area contributed by atoms with Gasteiger partial charge in [-0.25, -0.2) is 4.79 Å². The first kappa shape index (κ1) is 19.8. The molecule has 1 amide bonds. The normalized spacial score (nSPS) is 19.2. The molecule has 0 spiro atoms. The lowest BCUT2D eigenvalue weighted by Crippen LogP contribution is -2.38. The van der Waals surface area contributed by atoms with Crippen molar-refractivity contribution in [1.29, 1.82) is 0 Å². The third kappa shape index (κ3) is 6.03. The molecule has 1 aliphatic heterocycles. The lowest BCUT2D eigenvalue weighted by Gasteiger charge is -2.26. The van der Waals surface area contributed by atoms with E-state index in [9.17, 15) is 4.79 Å². The van der Waals surface area contributed by atoms with Crippen LogP contribution < -0.4 is 5.32 Å². The highest BCUT2D eigenvalue weighted by molar-refractivity contribution is 5.68. The Bertz CT molecular complexity index is 574. The molecular formula is C19H34N4O2. The van der Waals surface area contributed by atoms with E-state index in [0.29, 0.717) is 12.0 Å². The first-order chi connectivity index (χ1) is 11.7. The molecule has 142 valence electrons. The third-order valence-electron chi connectivity index (χ3n) is 4.44. The Kier molecular flexibility index (Phi) is 6.49. The van der Waals surface area contributed by atoms with E-state index in [1.165, 1.54) is 11.3 Å². The Labute approximate surface area is 151 Å². The van der Waals surface area contributed by atoms with Crippen LogP contribution in [0.2, 0.25) is 0 Å². The van der Waals surface area contributed by atoms with Gasteiger partial charge in [-0.3, -0.25) is 4.68 Å². The minimum atomic E-state index is -0.436. The van der Waals surface area contributed by atoms with Crippen molar-refractivity contribution in [3.8, 4) is 0 Å². The number of carbonyl (C=O) groups excluding carboxylic acids is 1. The number of amides is 1. The molecular weight excluding hydrogens is 316 g/mol. The van der Waals surface area contributed by atoms with Gasteiger partial charge in [0.2, 0.25) is 0 Å². The Morgan fingerprint density at radius 1 is 1.36 bits per heavy atom. The van der Waals surface area contributed by atoms with E-state index in [1.807, 2.05) is 37.4 Å². The number of rotatable bonds is 4. The van der Waals surface area contributed by atoms with E-state index in [4.69, 9.17) is 4.74 Å². The minimum Gasteiger partial charge on any atom is -0.444 e. The molecule has 1 aliphatic rings. The van der Waals surface area contributed by atoms with E-state index < -0.39 is 5.60 Å². The van der Waals surface area contributed by atoms with Gasteiger partial charge in [0.1, 0.15) is 5.60 Å². The SMILES string of the molecule is CC(C)c1nn(C)cc1CNC1CCCN(C(=O)OC(C)(C)C)CC1. The zero-order chi connectivity index (χ0) is 18.6. The number of aryl methyl sites for hydroxylation is 1. The second-order valence-corrected chi connectivity index (χ2v) is 8.34. The van der Waals surface area contributed by atoms with Gasteiger partial charge >= 0.3 is 6.09 Å². The average molecular weight is 351 g/mol. The Morgan fingerprint density at radius 2 is 2.08 bits per heavy atom. The standard InChI is InChI=1S/C19H34N4O2/c1-14(2)17-15(13-22(6)21-17)12-20-16-8-7-10-23(11-9-16)18(24)25-19(3,4)5/h13-14,16,20H,7-12H2,1-6H3. The lowest BCUT2D eigenvalue weighted by atomic mass is 10.1. The second kappa shape index (κ2) is 8.21. The van der Waals surface area contributed by atoms with Crippen LogP contribution in [0.3, 0.4) is 0 Å². The molecule has 1 aromatic heterocycles. The molecule has 1 fully saturated rings. The van der Waals surface area contributed by atoms with Crippen molar-refractivity contribution in [2.24, 2.45) is 7.05 Å². The quantitative estimate of drug-likeness (QED) is 0.904. The van der Waals surface area contributed by atoms with Crippen LogP contribution in [0.25, 0.3) is 0 Å². The highest BCUT2D eigenvalue weighted by atomic mass is 16.6. The highest BCUT2D eigenvalue weighted by Crippen LogP contribution is 2.19. The summed E-state index contributed by atoms with van der Waals surface area (Å²) in [4.78, 5) is 14.1. The summed E-state index contributed by atoms with van der Waals surface area (Å²) in [5.41, 5.74) is 2.00. The van der Waals surface area contributed by atoms with Crippen molar-refractivity contribution in [3.05, 3.63) is 17.5 Å². The Morgan fingerprint density at radius 3 is 2.72 bits per heavy atom. The topological polar surface area (TPSA) is 59.4 Å². The molecule has 1 unspecified atom stereocenters. The molecule has 0 radical (unpaired) electrons. The summed E-state index contributed by atoms with van der Waals surface area (Å²) < 4.78 is 7.39. The molecule has 0 aliphatic carbocycles. The molecule has 1 saturated heterocycles. The smallest absolute Gasteiger partial charge is 0.410 e. The molecule has 2 rings (SSSR count).